The van der Waals surface area contributed by atoms with Crippen LogP contribution in [0.2, 0.25) is 0 Å². The first-order valence-electron chi connectivity index (χ1n) is 5.94. The molecule has 2 aliphatic rings. The first-order valence-corrected chi connectivity index (χ1v) is 5.94. The molecule has 2 aliphatic carbocycles. The van der Waals surface area contributed by atoms with Crippen molar-refractivity contribution in [2.45, 2.75) is 19.8 Å². The third-order valence-corrected chi connectivity index (χ3v) is 4.05. The first kappa shape index (κ1) is 9.71. The maximum atomic E-state index is 5.82. The average Bonchev–Trinajstić information content (AvgIpc) is 2.25. The Hall–Kier alpha value is -1.50. The molecule has 16 heavy (non-hydrogen) atoms. The van der Waals surface area contributed by atoms with Gasteiger partial charge in [-0.25, -0.2) is 0 Å². The Balaban J connectivity index is 1.99. The molecule has 0 saturated heterocycles. The van der Waals surface area contributed by atoms with Crippen LogP contribution in [0.4, 0.5) is 5.69 Å². The number of nitrogen functional groups attached to an aromatic ring is 1. The fourth-order valence-electron chi connectivity index (χ4n) is 2.78. The van der Waals surface area contributed by atoms with Crippen LogP contribution < -0.4 is 5.73 Å². The smallest absolute Gasteiger partial charge is 0.0320 e. The lowest BCUT2D eigenvalue weighted by Gasteiger charge is -2.46. The maximum absolute atomic E-state index is 5.82. The second-order valence-corrected chi connectivity index (χ2v) is 5.24. The molecule has 0 bridgehead atoms. The minimum absolute atomic E-state index is 0.398. The number of anilines is 1. The summed E-state index contributed by atoms with van der Waals surface area (Å²) >= 11 is 0. The van der Waals surface area contributed by atoms with Gasteiger partial charge in [-0.05, 0) is 47.4 Å². The van der Waals surface area contributed by atoms with Gasteiger partial charge in [0.1, 0.15) is 0 Å². The first-order chi connectivity index (χ1) is 7.67. The van der Waals surface area contributed by atoms with Crippen molar-refractivity contribution >= 4 is 11.3 Å². The molecule has 0 aliphatic heterocycles. The number of fused-ring (bicyclic) bond motifs is 1. The van der Waals surface area contributed by atoms with E-state index in [9.17, 15) is 0 Å². The number of rotatable bonds is 1. The number of hydrogen-bond donors (Lipinski definition) is 1. The summed E-state index contributed by atoms with van der Waals surface area (Å²) in [6.45, 7) is 2.36. The normalized spacial score (nSPS) is 31.6. The zero-order chi connectivity index (χ0) is 11.2. The van der Waals surface area contributed by atoms with Gasteiger partial charge in [-0.15, -0.1) is 0 Å². The molecule has 2 atom stereocenters. The topological polar surface area (TPSA) is 26.0 Å². The zero-order valence-electron chi connectivity index (χ0n) is 9.61. The summed E-state index contributed by atoms with van der Waals surface area (Å²) < 4.78 is 0. The predicted octanol–water partition coefficient (Wildman–Crippen LogP) is 3.64. The van der Waals surface area contributed by atoms with Crippen LogP contribution in [0.15, 0.2) is 42.5 Å². The van der Waals surface area contributed by atoms with Gasteiger partial charge in [-0.3, -0.25) is 0 Å². The quantitative estimate of drug-likeness (QED) is 0.705. The summed E-state index contributed by atoms with van der Waals surface area (Å²) in [5.74, 6) is 0.761. The van der Waals surface area contributed by atoms with Crippen molar-refractivity contribution in [2.75, 3.05) is 5.73 Å². The number of allylic oxidation sites excluding steroid dienone is 4. The number of benzene rings is 1. The summed E-state index contributed by atoms with van der Waals surface area (Å²) in [7, 11) is 0. The molecular weight excluding hydrogens is 194 g/mol. The van der Waals surface area contributed by atoms with Crippen LogP contribution in [-0.2, 0) is 0 Å². The molecule has 1 aromatic rings. The van der Waals surface area contributed by atoms with Gasteiger partial charge in [-0.2, -0.15) is 0 Å². The highest BCUT2D eigenvalue weighted by Crippen LogP contribution is 2.52. The Morgan fingerprint density at radius 3 is 2.88 bits per heavy atom. The second kappa shape index (κ2) is 3.24. The van der Waals surface area contributed by atoms with Crippen LogP contribution in [-0.4, -0.2) is 0 Å². The van der Waals surface area contributed by atoms with E-state index in [1.165, 1.54) is 24.0 Å². The molecule has 0 spiro atoms. The molecule has 1 nitrogen and oxygen atoms in total. The third-order valence-electron chi connectivity index (χ3n) is 4.05. The minimum atomic E-state index is 0.398. The highest BCUT2D eigenvalue weighted by atomic mass is 14.5. The van der Waals surface area contributed by atoms with Gasteiger partial charge >= 0.3 is 0 Å². The Morgan fingerprint density at radius 2 is 2.25 bits per heavy atom. The molecule has 0 aromatic heterocycles. The second-order valence-electron chi connectivity index (χ2n) is 5.24. The molecule has 1 heteroatoms. The molecule has 0 heterocycles. The Bertz CT molecular complexity index is 484. The van der Waals surface area contributed by atoms with Gasteiger partial charge in [0.15, 0.2) is 0 Å². The van der Waals surface area contributed by atoms with E-state index in [1.807, 2.05) is 12.1 Å². The van der Waals surface area contributed by atoms with Crippen molar-refractivity contribution in [2.24, 2.45) is 11.3 Å². The molecule has 2 unspecified atom stereocenters. The highest BCUT2D eigenvalue weighted by molar-refractivity contribution is 5.77. The lowest BCUT2D eigenvalue weighted by atomic mass is 9.58. The largest absolute Gasteiger partial charge is 0.399 e. The van der Waals surface area contributed by atoms with E-state index in [0.717, 1.165) is 11.6 Å². The lowest BCUT2D eigenvalue weighted by molar-refractivity contribution is 0.150. The van der Waals surface area contributed by atoms with Gasteiger partial charge in [0.25, 0.3) is 0 Å². The van der Waals surface area contributed by atoms with Crippen LogP contribution >= 0.6 is 0 Å². The van der Waals surface area contributed by atoms with Crippen molar-refractivity contribution in [1.82, 2.24) is 0 Å². The lowest BCUT2D eigenvalue weighted by Crippen LogP contribution is -2.35. The van der Waals surface area contributed by atoms with E-state index in [2.05, 4.69) is 37.3 Å². The summed E-state index contributed by atoms with van der Waals surface area (Å²) in [5.41, 5.74) is 9.62. The Labute approximate surface area is 96.7 Å². The van der Waals surface area contributed by atoms with E-state index in [4.69, 9.17) is 5.73 Å². The summed E-state index contributed by atoms with van der Waals surface area (Å²) in [6.07, 6.45) is 9.69. The average molecular weight is 211 g/mol. The number of nitrogens with two attached hydrogens (primary N) is 1. The summed E-state index contributed by atoms with van der Waals surface area (Å²) in [4.78, 5) is 0. The molecule has 1 saturated carbocycles. The SMILES string of the molecule is CC12C=C(c3cccc(N)c3)C=CC1CC2. The fourth-order valence-corrected chi connectivity index (χ4v) is 2.78. The van der Waals surface area contributed by atoms with Crippen molar-refractivity contribution < 1.29 is 0 Å². The van der Waals surface area contributed by atoms with E-state index >= 15 is 0 Å². The monoisotopic (exact) mass is 211 g/mol. The van der Waals surface area contributed by atoms with Gasteiger partial charge in [-0.1, -0.05) is 37.3 Å². The van der Waals surface area contributed by atoms with Crippen LogP contribution in [0.25, 0.3) is 5.57 Å². The Morgan fingerprint density at radius 1 is 1.38 bits per heavy atom. The molecule has 82 valence electrons. The molecule has 0 radical (unpaired) electrons. The van der Waals surface area contributed by atoms with Gasteiger partial charge in [0.05, 0.1) is 0 Å². The van der Waals surface area contributed by atoms with Crippen LogP contribution in [0.1, 0.15) is 25.3 Å². The highest BCUT2D eigenvalue weighted by Gasteiger charge is 2.40. The van der Waals surface area contributed by atoms with Gasteiger partial charge in [0.2, 0.25) is 0 Å². The molecule has 0 amide bonds. The third kappa shape index (κ3) is 1.39. The van der Waals surface area contributed by atoms with E-state index < -0.39 is 0 Å². The summed E-state index contributed by atoms with van der Waals surface area (Å²) in [6, 6.07) is 8.15. The van der Waals surface area contributed by atoms with Crippen LogP contribution in [0, 0.1) is 11.3 Å². The van der Waals surface area contributed by atoms with Crippen molar-refractivity contribution in [3.63, 3.8) is 0 Å². The fraction of sp³-hybridized carbons (Fsp3) is 0.333. The molecule has 2 N–H and O–H groups in total. The van der Waals surface area contributed by atoms with E-state index in [-0.39, 0.29) is 0 Å². The van der Waals surface area contributed by atoms with Crippen LogP contribution in [0.5, 0.6) is 0 Å². The minimum Gasteiger partial charge on any atom is -0.399 e. The van der Waals surface area contributed by atoms with Gasteiger partial charge in [0, 0.05) is 5.69 Å². The van der Waals surface area contributed by atoms with E-state index in [0.29, 0.717) is 5.41 Å². The maximum Gasteiger partial charge on any atom is 0.0320 e. The molecule has 3 rings (SSSR count). The molecular formula is C15H17N. The van der Waals surface area contributed by atoms with Crippen molar-refractivity contribution in [3.05, 3.63) is 48.1 Å². The molecule has 1 fully saturated rings. The standard InChI is InChI=1S/C15H17N/c1-15-8-7-13(15)6-5-12(10-15)11-3-2-4-14(16)9-11/h2-6,9-10,13H,7-8,16H2,1H3. The molecule has 1 aromatic carbocycles. The zero-order valence-corrected chi connectivity index (χ0v) is 9.61. The van der Waals surface area contributed by atoms with Gasteiger partial charge < -0.3 is 5.73 Å². The van der Waals surface area contributed by atoms with Crippen molar-refractivity contribution in [1.29, 1.82) is 0 Å². The number of hydrogen-bond acceptors (Lipinski definition) is 1. The Kier molecular flexibility index (Phi) is 1.97. The van der Waals surface area contributed by atoms with Crippen molar-refractivity contribution in [3.8, 4) is 0 Å². The van der Waals surface area contributed by atoms with Crippen LogP contribution in [0.3, 0.4) is 0 Å². The predicted molar refractivity (Wildman–Crippen MR) is 68.8 cm³/mol. The van der Waals surface area contributed by atoms with E-state index in [1.54, 1.807) is 0 Å². The summed E-state index contributed by atoms with van der Waals surface area (Å²) in [5, 5.41) is 0.